The van der Waals surface area contributed by atoms with Crippen molar-refractivity contribution in [3.8, 4) is 11.5 Å². The van der Waals surface area contributed by atoms with Crippen LogP contribution in [0.4, 0.5) is 0 Å². The minimum absolute atomic E-state index is 0.141. The van der Waals surface area contributed by atoms with Gasteiger partial charge in [0.1, 0.15) is 13.2 Å². The molecule has 0 aliphatic heterocycles. The third-order valence-electron chi connectivity index (χ3n) is 3.44. The van der Waals surface area contributed by atoms with Gasteiger partial charge in [-0.3, -0.25) is 0 Å². The first kappa shape index (κ1) is 18.9. The first-order valence-electron chi connectivity index (χ1n) is 7.89. The largest absolute Gasteiger partial charge is 0.490 e. The van der Waals surface area contributed by atoms with Crippen molar-refractivity contribution in [2.75, 3.05) is 19.8 Å². The second-order valence-corrected chi connectivity index (χ2v) is 6.05. The summed E-state index contributed by atoms with van der Waals surface area (Å²) in [4.78, 5) is 0. The zero-order chi connectivity index (χ0) is 17.4. The van der Waals surface area contributed by atoms with Crippen LogP contribution in [0.2, 0.25) is 10.0 Å². The maximum atomic E-state index is 8.94. The van der Waals surface area contributed by atoms with Crippen molar-refractivity contribution in [1.82, 2.24) is 0 Å². The van der Waals surface area contributed by atoms with Gasteiger partial charge in [-0.1, -0.05) is 35.3 Å². The number of quaternary nitrogens is 1. The van der Waals surface area contributed by atoms with Crippen LogP contribution < -0.4 is 14.8 Å². The SMILES string of the molecule is CCOc1cccc(C[NH2+]CCO)c1OCc1ccc(Cl)cc1Cl. The molecule has 2 aromatic carbocycles. The average Bonchev–Trinajstić information content (AvgIpc) is 2.56. The predicted octanol–water partition coefficient (Wildman–Crippen LogP) is 3.03. The Labute approximate surface area is 152 Å². The van der Waals surface area contributed by atoms with Crippen LogP contribution in [0.1, 0.15) is 18.1 Å². The molecular formula is C18H22Cl2NO3+. The maximum absolute atomic E-state index is 8.94. The van der Waals surface area contributed by atoms with Gasteiger partial charge in [0.15, 0.2) is 11.5 Å². The fourth-order valence-corrected chi connectivity index (χ4v) is 2.76. The Morgan fingerprint density at radius 2 is 1.92 bits per heavy atom. The Hall–Kier alpha value is -1.46. The van der Waals surface area contributed by atoms with Crippen LogP contribution in [0.3, 0.4) is 0 Å². The van der Waals surface area contributed by atoms with E-state index >= 15 is 0 Å². The normalized spacial score (nSPS) is 10.7. The molecule has 0 bridgehead atoms. The van der Waals surface area contributed by atoms with Crippen LogP contribution in [-0.4, -0.2) is 24.9 Å². The molecule has 0 fully saturated rings. The van der Waals surface area contributed by atoms with Gasteiger partial charge in [0, 0.05) is 15.6 Å². The minimum Gasteiger partial charge on any atom is -0.490 e. The smallest absolute Gasteiger partial charge is 0.170 e. The quantitative estimate of drug-likeness (QED) is 0.667. The van der Waals surface area contributed by atoms with Crippen LogP contribution >= 0.6 is 23.2 Å². The number of hydrogen-bond donors (Lipinski definition) is 2. The molecule has 0 atom stereocenters. The van der Waals surface area contributed by atoms with Crippen molar-refractivity contribution in [3.63, 3.8) is 0 Å². The Bertz CT molecular complexity index is 665. The topological polar surface area (TPSA) is 55.3 Å². The van der Waals surface area contributed by atoms with Crippen molar-refractivity contribution in [1.29, 1.82) is 0 Å². The molecular weight excluding hydrogens is 349 g/mol. The molecule has 0 aromatic heterocycles. The van der Waals surface area contributed by atoms with Gasteiger partial charge < -0.3 is 19.9 Å². The first-order valence-corrected chi connectivity index (χ1v) is 8.65. The average molecular weight is 371 g/mol. The van der Waals surface area contributed by atoms with Gasteiger partial charge in [-0.15, -0.1) is 0 Å². The van der Waals surface area contributed by atoms with Gasteiger partial charge in [0.2, 0.25) is 0 Å². The number of halogens is 2. The molecule has 2 rings (SSSR count). The van der Waals surface area contributed by atoms with E-state index in [9.17, 15) is 0 Å². The van der Waals surface area contributed by atoms with Crippen molar-refractivity contribution in [2.24, 2.45) is 0 Å². The number of hydrogen-bond acceptors (Lipinski definition) is 3. The van der Waals surface area contributed by atoms with Gasteiger partial charge in [0.05, 0.1) is 25.3 Å². The van der Waals surface area contributed by atoms with Gasteiger partial charge in [0.25, 0.3) is 0 Å². The number of aliphatic hydroxyl groups excluding tert-OH is 1. The van der Waals surface area contributed by atoms with Crippen molar-refractivity contribution in [2.45, 2.75) is 20.1 Å². The van der Waals surface area contributed by atoms with Crippen LogP contribution in [0, 0.1) is 0 Å². The van der Waals surface area contributed by atoms with E-state index < -0.39 is 0 Å². The lowest BCUT2D eigenvalue weighted by Crippen LogP contribution is -2.83. The Morgan fingerprint density at radius 1 is 1.08 bits per heavy atom. The molecule has 0 spiro atoms. The summed E-state index contributed by atoms with van der Waals surface area (Å²) in [6.07, 6.45) is 0. The molecule has 130 valence electrons. The van der Waals surface area contributed by atoms with E-state index in [0.717, 1.165) is 11.1 Å². The second kappa shape index (κ2) is 9.74. The molecule has 0 amide bonds. The Balaban J connectivity index is 2.18. The van der Waals surface area contributed by atoms with Crippen molar-refractivity contribution in [3.05, 3.63) is 57.6 Å². The van der Waals surface area contributed by atoms with E-state index in [0.29, 0.717) is 47.8 Å². The number of benzene rings is 2. The zero-order valence-electron chi connectivity index (χ0n) is 13.6. The predicted molar refractivity (Wildman–Crippen MR) is 96.0 cm³/mol. The van der Waals surface area contributed by atoms with E-state index in [1.54, 1.807) is 12.1 Å². The lowest BCUT2D eigenvalue weighted by molar-refractivity contribution is -0.671. The summed E-state index contributed by atoms with van der Waals surface area (Å²) in [7, 11) is 0. The van der Waals surface area contributed by atoms with Crippen LogP contribution in [0.25, 0.3) is 0 Å². The summed E-state index contributed by atoms with van der Waals surface area (Å²) >= 11 is 12.1. The highest BCUT2D eigenvalue weighted by atomic mass is 35.5. The number of nitrogens with two attached hydrogens (primary N) is 1. The summed E-state index contributed by atoms with van der Waals surface area (Å²) in [5, 5.41) is 12.1. The highest BCUT2D eigenvalue weighted by Crippen LogP contribution is 2.32. The van der Waals surface area contributed by atoms with Gasteiger partial charge in [-0.25, -0.2) is 0 Å². The van der Waals surface area contributed by atoms with Crippen LogP contribution in [0.15, 0.2) is 36.4 Å². The molecule has 24 heavy (non-hydrogen) atoms. The Morgan fingerprint density at radius 3 is 2.62 bits per heavy atom. The molecule has 0 heterocycles. The summed E-state index contributed by atoms with van der Waals surface area (Å²) < 4.78 is 11.7. The molecule has 0 saturated carbocycles. The molecule has 2 aromatic rings. The molecule has 6 heteroatoms. The molecule has 3 N–H and O–H groups in total. The summed E-state index contributed by atoms with van der Waals surface area (Å²) in [5.74, 6) is 1.41. The third-order valence-corrected chi connectivity index (χ3v) is 4.03. The highest BCUT2D eigenvalue weighted by Gasteiger charge is 2.13. The van der Waals surface area contributed by atoms with E-state index in [-0.39, 0.29) is 6.61 Å². The molecule has 0 aliphatic carbocycles. The van der Waals surface area contributed by atoms with E-state index in [2.05, 4.69) is 0 Å². The molecule has 4 nitrogen and oxygen atoms in total. The first-order chi connectivity index (χ1) is 11.7. The summed E-state index contributed by atoms with van der Waals surface area (Å²) in [6.45, 7) is 4.30. The lowest BCUT2D eigenvalue weighted by Gasteiger charge is -2.16. The second-order valence-electron chi connectivity index (χ2n) is 5.21. The standard InChI is InChI=1S/C18H21Cl2NO3/c1-2-23-17-5-3-4-13(11-21-8-9-22)18(17)24-12-14-6-7-15(19)10-16(14)20/h3-7,10,21-22H,2,8-9,11-12H2,1H3/p+1. The minimum atomic E-state index is 0.141. The summed E-state index contributed by atoms with van der Waals surface area (Å²) in [6, 6.07) is 11.2. The zero-order valence-corrected chi connectivity index (χ0v) is 15.1. The number of rotatable bonds is 9. The van der Waals surface area contributed by atoms with E-state index in [1.807, 2.05) is 36.5 Å². The van der Waals surface area contributed by atoms with E-state index in [1.165, 1.54) is 0 Å². The number of ether oxygens (including phenoxy) is 2. The molecule has 0 unspecified atom stereocenters. The molecule has 0 aliphatic rings. The Kier molecular flexibility index (Phi) is 7.66. The number of aliphatic hydroxyl groups is 1. The summed E-state index contributed by atoms with van der Waals surface area (Å²) in [5.41, 5.74) is 1.87. The highest BCUT2D eigenvalue weighted by molar-refractivity contribution is 6.35. The number of para-hydroxylation sites is 1. The molecule has 0 radical (unpaired) electrons. The molecule has 0 saturated heterocycles. The van der Waals surface area contributed by atoms with E-state index in [4.69, 9.17) is 37.8 Å². The van der Waals surface area contributed by atoms with Crippen LogP contribution in [-0.2, 0) is 13.2 Å². The van der Waals surface area contributed by atoms with Crippen molar-refractivity contribution < 1.29 is 19.9 Å². The fraction of sp³-hybridized carbons (Fsp3) is 0.333. The maximum Gasteiger partial charge on any atom is 0.170 e. The monoisotopic (exact) mass is 370 g/mol. The fourth-order valence-electron chi connectivity index (χ4n) is 2.29. The van der Waals surface area contributed by atoms with Crippen LogP contribution in [0.5, 0.6) is 11.5 Å². The van der Waals surface area contributed by atoms with Crippen molar-refractivity contribution >= 4 is 23.2 Å². The lowest BCUT2D eigenvalue weighted by atomic mass is 10.1. The van der Waals surface area contributed by atoms with Gasteiger partial charge >= 0.3 is 0 Å². The third kappa shape index (κ3) is 5.28. The van der Waals surface area contributed by atoms with Gasteiger partial charge in [-0.2, -0.15) is 0 Å². The van der Waals surface area contributed by atoms with Gasteiger partial charge in [-0.05, 0) is 31.2 Å².